The van der Waals surface area contributed by atoms with Gasteiger partial charge in [-0.1, -0.05) is 26.2 Å². The Balaban J connectivity index is 0.00000128. The lowest BCUT2D eigenvalue weighted by molar-refractivity contribution is -0.942. The van der Waals surface area contributed by atoms with Gasteiger partial charge in [0, 0.05) is 0 Å². The van der Waals surface area contributed by atoms with Crippen molar-refractivity contribution in [3.63, 3.8) is 0 Å². The molecule has 2 bridgehead atoms. The van der Waals surface area contributed by atoms with Gasteiger partial charge in [0.15, 0.2) is 0 Å². The lowest BCUT2D eigenvalue weighted by Crippen LogP contribution is -3.00. The molecule has 0 aromatic heterocycles. The van der Waals surface area contributed by atoms with E-state index in [-0.39, 0.29) is 17.0 Å². The second kappa shape index (κ2) is 7.00. The summed E-state index contributed by atoms with van der Waals surface area (Å²) in [5.41, 5.74) is 0. The Bertz CT molecular complexity index is 171. The zero-order valence-electron chi connectivity index (χ0n) is 10.9. The quantitative estimate of drug-likeness (QED) is 0.496. The van der Waals surface area contributed by atoms with Gasteiger partial charge < -0.3 is 21.5 Å². The molecule has 0 saturated carbocycles. The zero-order valence-corrected chi connectivity index (χ0v) is 12.5. The van der Waals surface area contributed by atoms with E-state index in [4.69, 9.17) is 0 Å². The number of fused-ring (bicyclic) bond motifs is 3. The number of hydrogen-bond donors (Lipinski definition) is 0. The molecule has 0 aliphatic carbocycles. The van der Waals surface area contributed by atoms with Gasteiger partial charge >= 0.3 is 0 Å². The van der Waals surface area contributed by atoms with Crippen molar-refractivity contribution in [2.75, 3.05) is 26.2 Å². The summed E-state index contributed by atoms with van der Waals surface area (Å²) in [5, 5.41) is 0. The first kappa shape index (κ1) is 14.5. The maximum atomic E-state index is 2.30. The highest BCUT2D eigenvalue weighted by Gasteiger charge is 2.38. The van der Waals surface area contributed by atoms with Crippen molar-refractivity contribution in [1.82, 2.24) is 0 Å². The third-order valence-corrected chi connectivity index (χ3v) is 4.77. The third kappa shape index (κ3) is 3.73. The Hall–Kier alpha value is 0.440. The minimum Gasteiger partial charge on any atom is -1.00 e. The first-order valence-corrected chi connectivity index (χ1v) is 7.20. The largest absolute Gasteiger partial charge is 1.00 e. The van der Waals surface area contributed by atoms with E-state index in [9.17, 15) is 0 Å². The lowest BCUT2D eigenvalue weighted by atomic mass is 9.85. The molecule has 3 saturated heterocycles. The number of unbranched alkanes of at least 4 members (excludes halogenated alkanes) is 4. The Morgan fingerprint density at radius 2 is 1.44 bits per heavy atom. The molecule has 3 fully saturated rings. The molecule has 1 nitrogen and oxygen atoms in total. The number of piperidine rings is 3. The van der Waals surface area contributed by atoms with Gasteiger partial charge in [0.25, 0.3) is 0 Å². The topological polar surface area (TPSA) is 0 Å². The summed E-state index contributed by atoms with van der Waals surface area (Å²) in [5.74, 6) is 1.12. The predicted octanol–water partition coefficient (Wildman–Crippen LogP) is 0.591. The van der Waals surface area contributed by atoms with Crippen LogP contribution in [0, 0.1) is 5.92 Å². The van der Waals surface area contributed by atoms with Crippen LogP contribution in [0.25, 0.3) is 0 Å². The molecule has 0 unspecified atom stereocenters. The van der Waals surface area contributed by atoms with Gasteiger partial charge in [0.1, 0.15) is 0 Å². The molecule has 0 atom stereocenters. The average Bonchev–Trinajstić information content (AvgIpc) is 2.31. The number of quaternary nitrogens is 1. The van der Waals surface area contributed by atoms with E-state index in [1.165, 1.54) is 82.0 Å². The Morgan fingerprint density at radius 3 is 2.00 bits per heavy atom. The highest BCUT2D eigenvalue weighted by molar-refractivity contribution is 4.71. The molecule has 0 spiro atoms. The second-order valence-electron chi connectivity index (χ2n) is 5.88. The summed E-state index contributed by atoms with van der Waals surface area (Å²) < 4.78 is 1.50. The van der Waals surface area contributed by atoms with Crippen LogP contribution in [-0.2, 0) is 0 Å². The maximum Gasteiger partial charge on any atom is 0.0789 e. The van der Waals surface area contributed by atoms with Crippen LogP contribution in [0.1, 0.15) is 58.3 Å². The molecule has 0 aromatic carbocycles. The predicted molar refractivity (Wildman–Crippen MR) is 65.8 cm³/mol. The van der Waals surface area contributed by atoms with Gasteiger partial charge in [-0.2, -0.15) is 0 Å². The van der Waals surface area contributed by atoms with Crippen LogP contribution < -0.4 is 17.0 Å². The van der Waals surface area contributed by atoms with E-state index < -0.39 is 0 Å². The van der Waals surface area contributed by atoms with Crippen molar-refractivity contribution in [2.45, 2.75) is 58.3 Å². The van der Waals surface area contributed by atoms with Crippen molar-refractivity contribution in [3.8, 4) is 0 Å². The van der Waals surface area contributed by atoms with E-state index in [2.05, 4.69) is 6.92 Å². The number of rotatable bonds is 6. The van der Waals surface area contributed by atoms with Crippen LogP contribution in [0.2, 0.25) is 0 Å². The van der Waals surface area contributed by atoms with Crippen LogP contribution in [0.4, 0.5) is 0 Å². The van der Waals surface area contributed by atoms with E-state index in [0.717, 1.165) is 5.92 Å². The molecule has 16 heavy (non-hydrogen) atoms. The highest BCUT2D eigenvalue weighted by Crippen LogP contribution is 2.33. The zero-order chi connectivity index (χ0) is 10.6. The molecule has 3 aliphatic rings. The van der Waals surface area contributed by atoms with Crippen LogP contribution in [0.5, 0.6) is 0 Å². The Morgan fingerprint density at radius 1 is 0.875 bits per heavy atom. The van der Waals surface area contributed by atoms with Crippen molar-refractivity contribution in [2.24, 2.45) is 5.92 Å². The van der Waals surface area contributed by atoms with E-state index in [1.54, 1.807) is 0 Å². The average molecular weight is 290 g/mol. The van der Waals surface area contributed by atoms with Crippen LogP contribution in [-0.4, -0.2) is 30.7 Å². The minimum absolute atomic E-state index is 0. The fourth-order valence-electron chi connectivity index (χ4n) is 3.52. The number of nitrogens with zero attached hydrogens (tertiary/aromatic N) is 1. The summed E-state index contributed by atoms with van der Waals surface area (Å²) in [6, 6.07) is 0. The van der Waals surface area contributed by atoms with Gasteiger partial charge in [-0.15, -0.1) is 0 Å². The molecule has 0 N–H and O–H groups in total. The first-order valence-electron chi connectivity index (χ1n) is 7.20. The summed E-state index contributed by atoms with van der Waals surface area (Å²) in [7, 11) is 0. The van der Waals surface area contributed by atoms with Crippen molar-refractivity contribution < 1.29 is 21.5 Å². The Labute approximate surface area is 112 Å². The minimum atomic E-state index is 0. The fourth-order valence-corrected chi connectivity index (χ4v) is 3.52. The standard InChI is InChI=1S/C14H28N.BrH/c1-2-3-4-5-6-10-15-11-7-14(8-12-15)9-13-15;/h14H,2-13H2,1H3;1H/q+1;/p-1. The first-order chi connectivity index (χ1) is 7.35. The van der Waals surface area contributed by atoms with Gasteiger partial charge in [-0.3, -0.25) is 0 Å². The lowest BCUT2D eigenvalue weighted by Gasteiger charge is -2.49. The second-order valence-corrected chi connectivity index (χ2v) is 5.88. The molecule has 2 heteroatoms. The number of halogens is 1. The highest BCUT2D eigenvalue weighted by atomic mass is 79.9. The molecule has 0 aromatic rings. The van der Waals surface area contributed by atoms with E-state index >= 15 is 0 Å². The van der Waals surface area contributed by atoms with Crippen molar-refractivity contribution in [3.05, 3.63) is 0 Å². The van der Waals surface area contributed by atoms with Crippen LogP contribution in [0.15, 0.2) is 0 Å². The summed E-state index contributed by atoms with van der Waals surface area (Å²) in [6.07, 6.45) is 11.9. The van der Waals surface area contributed by atoms with Gasteiger partial charge in [0.05, 0.1) is 26.2 Å². The molecule has 3 heterocycles. The molecular formula is C14H28BrN. The van der Waals surface area contributed by atoms with Crippen LogP contribution >= 0.6 is 0 Å². The molecular weight excluding hydrogens is 262 g/mol. The maximum absolute atomic E-state index is 2.30. The monoisotopic (exact) mass is 289 g/mol. The van der Waals surface area contributed by atoms with Crippen molar-refractivity contribution >= 4 is 0 Å². The van der Waals surface area contributed by atoms with E-state index in [0.29, 0.717) is 0 Å². The molecule has 0 radical (unpaired) electrons. The molecule has 3 rings (SSSR count). The molecule has 96 valence electrons. The summed E-state index contributed by atoms with van der Waals surface area (Å²) >= 11 is 0. The molecule has 0 amide bonds. The van der Waals surface area contributed by atoms with Gasteiger partial charge in [-0.05, 0) is 38.0 Å². The smallest absolute Gasteiger partial charge is 0.0789 e. The molecule has 3 aliphatic heterocycles. The van der Waals surface area contributed by atoms with Gasteiger partial charge in [-0.25, -0.2) is 0 Å². The third-order valence-electron chi connectivity index (χ3n) is 4.77. The van der Waals surface area contributed by atoms with Gasteiger partial charge in [0.2, 0.25) is 0 Å². The van der Waals surface area contributed by atoms with Crippen LogP contribution in [0.3, 0.4) is 0 Å². The Kier molecular flexibility index (Phi) is 6.35. The summed E-state index contributed by atoms with van der Waals surface area (Å²) in [4.78, 5) is 0. The fraction of sp³-hybridized carbons (Fsp3) is 1.00. The SMILES string of the molecule is CCCCCCC[N+]12CCC(CC1)CC2.[Br-]. The van der Waals surface area contributed by atoms with E-state index in [1.807, 2.05) is 0 Å². The van der Waals surface area contributed by atoms with Crippen molar-refractivity contribution in [1.29, 1.82) is 0 Å². The summed E-state index contributed by atoms with van der Waals surface area (Å²) in [6.45, 7) is 8.34. The normalized spacial score (nSPS) is 32.4. The number of hydrogen-bond acceptors (Lipinski definition) is 0.